The second-order valence-corrected chi connectivity index (χ2v) is 7.66. The number of nitrogens with one attached hydrogen (secondary N) is 1. The number of carboxylic acid groups (broad SMARTS) is 1. The van der Waals surface area contributed by atoms with E-state index < -0.39 is 30.0 Å². The second kappa shape index (κ2) is 9.81. The van der Waals surface area contributed by atoms with E-state index in [0.29, 0.717) is 16.9 Å². The molecule has 0 bridgehead atoms. The number of carboxylic acids is 1. The Kier molecular flexibility index (Phi) is 7.10. The largest absolute Gasteiger partial charge is 0.478 e. The Balaban J connectivity index is 1.91. The van der Waals surface area contributed by atoms with Crippen LogP contribution in [0, 0.1) is 6.92 Å². The van der Waals surface area contributed by atoms with Gasteiger partial charge >= 0.3 is 5.97 Å². The van der Waals surface area contributed by atoms with Crippen molar-refractivity contribution in [1.29, 1.82) is 0 Å². The van der Waals surface area contributed by atoms with Crippen LogP contribution in [0.5, 0.6) is 11.6 Å². The lowest BCUT2D eigenvalue weighted by Crippen LogP contribution is -2.27. The smallest absolute Gasteiger partial charge is 0.335 e. The molecule has 0 radical (unpaired) electrons. The van der Waals surface area contributed by atoms with E-state index >= 15 is 0 Å². The van der Waals surface area contributed by atoms with E-state index in [0.717, 1.165) is 16.7 Å². The van der Waals surface area contributed by atoms with Gasteiger partial charge in [0.15, 0.2) is 0 Å². The predicted octanol–water partition coefficient (Wildman–Crippen LogP) is 5.21. The van der Waals surface area contributed by atoms with E-state index in [1.165, 1.54) is 13.1 Å². The summed E-state index contributed by atoms with van der Waals surface area (Å²) < 4.78 is 34.3. The summed E-state index contributed by atoms with van der Waals surface area (Å²) in [6.45, 7) is 5.33. The standard InChI is InChI=1S/C24H25F2N3O4/c1-5-15-6-9-17(10-7-15)33-23-19(20(21(25)26)28-29(23)4)22(30)27-14(3)16-8-11-18(24(31)32)13(2)12-16/h6-12,14,21H,5H2,1-4H3,(H,27,30)(H,31,32). The molecule has 1 heterocycles. The van der Waals surface area contributed by atoms with Crippen molar-refractivity contribution in [3.63, 3.8) is 0 Å². The first-order valence-electron chi connectivity index (χ1n) is 10.4. The maximum Gasteiger partial charge on any atom is 0.335 e. The van der Waals surface area contributed by atoms with Crippen LogP contribution in [0.4, 0.5) is 8.78 Å². The van der Waals surface area contributed by atoms with Gasteiger partial charge in [0, 0.05) is 7.05 Å². The predicted molar refractivity (Wildman–Crippen MR) is 118 cm³/mol. The number of hydrogen-bond acceptors (Lipinski definition) is 4. The number of aryl methyl sites for hydroxylation is 3. The topological polar surface area (TPSA) is 93.4 Å². The van der Waals surface area contributed by atoms with E-state index in [1.807, 2.05) is 19.1 Å². The van der Waals surface area contributed by atoms with Gasteiger partial charge in [-0.15, -0.1) is 0 Å². The van der Waals surface area contributed by atoms with Crippen molar-refractivity contribution >= 4 is 11.9 Å². The van der Waals surface area contributed by atoms with Crippen molar-refractivity contribution in [2.24, 2.45) is 7.05 Å². The highest BCUT2D eigenvalue weighted by Gasteiger charge is 2.30. The number of amides is 1. The lowest BCUT2D eigenvalue weighted by Gasteiger charge is -2.16. The van der Waals surface area contributed by atoms with E-state index in [9.17, 15) is 23.5 Å². The maximum absolute atomic E-state index is 13.7. The van der Waals surface area contributed by atoms with Crippen LogP contribution in [0.25, 0.3) is 0 Å². The lowest BCUT2D eigenvalue weighted by atomic mass is 10.0. The number of carbonyl (C=O) groups is 2. The zero-order valence-corrected chi connectivity index (χ0v) is 18.7. The molecule has 1 unspecified atom stereocenters. The number of ether oxygens (including phenoxy) is 1. The summed E-state index contributed by atoms with van der Waals surface area (Å²) in [4.78, 5) is 24.3. The molecule has 3 aromatic rings. The minimum atomic E-state index is -2.98. The highest BCUT2D eigenvalue weighted by atomic mass is 19.3. The molecule has 174 valence electrons. The molecule has 2 aromatic carbocycles. The normalized spacial score (nSPS) is 12.0. The van der Waals surface area contributed by atoms with Crippen LogP contribution in [0.2, 0.25) is 0 Å². The lowest BCUT2D eigenvalue weighted by molar-refractivity contribution is 0.0695. The summed E-state index contributed by atoms with van der Waals surface area (Å²) in [7, 11) is 1.43. The molecule has 3 rings (SSSR count). The van der Waals surface area contributed by atoms with Gasteiger partial charge in [-0.05, 0) is 55.2 Å². The molecule has 0 saturated carbocycles. The highest BCUT2D eigenvalue weighted by Crippen LogP contribution is 2.33. The van der Waals surface area contributed by atoms with Crippen LogP contribution >= 0.6 is 0 Å². The fourth-order valence-electron chi connectivity index (χ4n) is 3.46. The van der Waals surface area contributed by atoms with Gasteiger partial charge in [-0.1, -0.05) is 31.2 Å². The molecular formula is C24H25F2N3O4. The first-order chi connectivity index (χ1) is 15.6. The summed E-state index contributed by atoms with van der Waals surface area (Å²) in [6.07, 6.45) is -2.15. The number of nitrogens with zero attached hydrogens (tertiary/aromatic N) is 2. The van der Waals surface area contributed by atoms with Crippen LogP contribution in [0.15, 0.2) is 42.5 Å². The van der Waals surface area contributed by atoms with Crippen LogP contribution in [-0.2, 0) is 13.5 Å². The van der Waals surface area contributed by atoms with E-state index in [-0.39, 0.29) is 17.0 Å². The Morgan fingerprint density at radius 2 is 1.85 bits per heavy atom. The van der Waals surface area contributed by atoms with E-state index in [4.69, 9.17) is 4.74 Å². The fraction of sp³-hybridized carbons (Fsp3) is 0.292. The van der Waals surface area contributed by atoms with Gasteiger partial charge in [-0.3, -0.25) is 4.79 Å². The molecule has 0 saturated heterocycles. The number of halogens is 2. The van der Waals surface area contributed by atoms with Crippen LogP contribution in [0.1, 0.15) is 69.4 Å². The molecule has 2 N–H and O–H groups in total. The Morgan fingerprint density at radius 3 is 2.39 bits per heavy atom. The first-order valence-corrected chi connectivity index (χ1v) is 10.4. The Bertz CT molecular complexity index is 1170. The summed E-state index contributed by atoms with van der Waals surface area (Å²) >= 11 is 0. The number of carbonyl (C=O) groups excluding carboxylic acids is 1. The molecule has 7 nitrogen and oxygen atoms in total. The zero-order valence-electron chi connectivity index (χ0n) is 18.7. The first kappa shape index (κ1) is 23.9. The van der Waals surface area contributed by atoms with Crippen molar-refractivity contribution in [3.8, 4) is 11.6 Å². The minimum absolute atomic E-state index is 0.100. The molecule has 0 aliphatic rings. The Hall–Kier alpha value is -3.75. The van der Waals surface area contributed by atoms with Crippen molar-refractivity contribution in [1.82, 2.24) is 15.1 Å². The average molecular weight is 457 g/mol. The van der Waals surface area contributed by atoms with Crippen molar-refractivity contribution < 1.29 is 28.2 Å². The van der Waals surface area contributed by atoms with Crippen LogP contribution in [0.3, 0.4) is 0 Å². The summed E-state index contributed by atoms with van der Waals surface area (Å²) in [5.74, 6) is -1.54. The molecular weight excluding hydrogens is 432 g/mol. The monoisotopic (exact) mass is 457 g/mol. The average Bonchev–Trinajstić information content (AvgIpc) is 3.10. The van der Waals surface area contributed by atoms with E-state index in [2.05, 4.69) is 10.4 Å². The molecule has 33 heavy (non-hydrogen) atoms. The van der Waals surface area contributed by atoms with Crippen LogP contribution < -0.4 is 10.1 Å². The number of hydrogen-bond donors (Lipinski definition) is 2. The van der Waals surface area contributed by atoms with Gasteiger partial charge in [0.2, 0.25) is 5.88 Å². The van der Waals surface area contributed by atoms with Gasteiger partial charge < -0.3 is 15.2 Å². The molecule has 1 amide bonds. The molecule has 1 aromatic heterocycles. The SMILES string of the molecule is CCc1ccc(Oc2c(C(=O)NC(C)c3ccc(C(=O)O)c(C)c3)c(C(F)F)nn2C)cc1. The minimum Gasteiger partial charge on any atom is -0.478 e. The van der Waals surface area contributed by atoms with Crippen LogP contribution in [-0.4, -0.2) is 26.8 Å². The van der Waals surface area contributed by atoms with Gasteiger partial charge in [0.25, 0.3) is 12.3 Å². The number of benzene rings is 2. The molecule has 0 aliphatic heterocycles. The van der Waals surface area contributed by atoms with Crippen molar-refractivity contribution in [3.05, 3.63) is 76.0 Å². The third-order valence-electron chi connectivity index (χ3n) is 5.33. The molecule has 9 heteroatoms. The highest BCUT2D eigenvalue weighted by molar-refractivity contribution is 5.98. The Morgan fingerprint density at radius 1 is 1.18 bits per heavy atom. The number of alkyl halides is 2. The van der Waals surface area contributed by atoms with Gasteiger partial charge in [0.1, 0.15) is 17.0 Å². The second-order valence-electron chi connectivity index (χ2n) is 7.66. The molecule has 0 spiro atoms. The number of aromatic carboxylic acids is 1. The third-order valence-corrected chi connectivity index (χ3v) is 5.33. The number of aromatic nitrogens is 2. The van der Waals surface area contributed by atoms with Crippen molar-refractivity contribution in [2.75, 3.05) is 0 Å². The summed E-state index contributed by atoms with van der Waals surface area (Å²) in [5.41, 5.74) is 1.35. The Labute approximate surface area is 190 Å². The summed E-state index contributed by atoms with van der Waals surface area (Å²) in [5, 5.41) is 15.7. The molecule has 1 atom stereocenters. The molecule has 0 fully saturated rings. The fourth-order valence-corrected chi connectivity index (χ4v) is 3.46. The van der Waals surface area contributed by atoms with Gasteiger partial charge in [-0.2, -0.15) is 5.10 Å². The maximum atomic E-state index is 13.7. The number of rotatable bonds is 8. The van der Waals surface area contributed by atoms with Gasteiger partial charge in [0.05, 0.1) is 11.6 Å². The van der Waals surface area contributed by atoms with Crippen molar-refractivity contribution in [2.45, 2.75) is 39.7 Å². The zero-order chi connectivity index (χ0) is 24.3. The van der Waals surface area contributed by atoms with E-state index in [1.54, 1.807) is 38.1 Å². The molecule has 0 aliphatic carbocycles. The summed E-state index contributed by atoms with van der Waals surface area (Å²) in [6, 6.07) is 11.2. The third kappa shape index (κ3) is 5.19. The van der Waals surface area contributed by atoms with Gasteiger partial charge in [-0.25, -0.2) is 18.3 Å². The quantitative estimate of drug-likeness (QED) is 0.484.